The molecule has 11 heteroatoms. The van der Waals surface area contributed by atoms with Crippen LogP contribution in [0.3, 0.4) is 0 Å². The van der Waals surface area contributed by atoms with Crippen LogP contribution in [0.4, 0.5) is 17.1 Å². The van der Waals surface area contributed by atoms with Crippen LogP contribution < -0.4 is 19.7 Å². The van der Waals surface area contributed by atoms with Gasteiger partial charge in [0, 0.05) is 18.8 Å². The number of morpholine rings is 1. The average Bonchev–Trinajstić information content (AvgIpc) is 3.17. The molecule has 180 valence electrons. The Labute approximate surface area is 197 Å². The molecule has 1 fully saturated rings. The smallest absolute Gasteiger partial charge is 0.264 e. The number of hydrogen-bond acceptors (Lipinski definition) is 8. The van der Waals surface area contributed by atoms with E-state index in [-0.39, 0.29) is 4.90 Å². The Kier molecular flexibility index (Phi) is 6.75. The average molecular weight is 487 g/mol. The Morgan fingerprint density at radius 2 is 1.85 bits per heavy atom. The van der Waals surface area contributed by atoms with Gasteiger partial charge in [-0.3, -0.25) is 9.52 Å². The number of amides is 1. The van der Waals surface area contributed by atoms with Gasteiger partial charge in [-0.2, -0.15) is 0 Å². The minimum absolute atomic E-state index is 0.0249. The molecule has 0 spiro atoms. The molecule has 4 rings (SSSR count). The van der Waals surface area contributed by atoms with Crippen molar-refractivity contribution in [1.29, 1.82) is 0 Å². The van der Waals surface area contributed by atoms with Crippen LogP contribution in [0.1, 0.15) is 21.8 Å². The van der Waals surface area contributed by atoms with Gasteiger partial charge in [-0.25, -0.2) is 8.42 Å². The second-order valence-electron chi connectivity index (χ2n) is 7.74. The van der Waals surface area contributed by atoms with E-state index >= 15 is 0 Å². The summed E-state index contributed by atoms with van der Waals surface area (Å²) in [6.45, 7) is 5.38. The van der Waals surface area contributed by atoms with Crippen molar-refractivity contribution in [1.82, 2.24) is 5.16 Å². The second-order valence-corrected chi connectivity index (χ2v) is 9.39. The minimum Gasteiger partial charge on any atom is -0.495 e. The fourth-order valence-corrected chi connectivity index (χ4v) is 5.12. The van der Waals surface area contributed by atoms with Gasteiger partial charge in [-0.05, 0) is 44.2 Å². The van der Waals surface area contributed by atoms with Gasteiger partial charge in [0.25, 0.3) is 15.9 Å². The molecule has 10 nitrogen and oxygen atoms in total. The van der Waals surface area contributed by atoms with Crippen LogP contribution in [-0.2, 0) is 14.8 Å². The Balaban J connectivity index is 1.72. The number of methoxy groups -OCH3 is 1. The lowest BCUT2D eigenvalue weighted by molar-refractivity contribution is 0.102. The standard InChI is InChI=1S/C23H26N4O6S/c1-15-22(16(2)33-25-15)23(28)24-17-8-9-19(27-10-12-32-13-11-27)21(14-17)34(29,30)26-18-6-4-5-7-20(18)31-3/h4-9,14,26H,10-13H2,1-3H3,(H,24,28). The highest BCUT2D eigenvalue weighted by Crippen LogP contribution is 2.33. The number of nitrogens with one attached hydrogen (secondary N) is 2. The Hall–Kier alpha value is -3.57. The van der Waals surface area contributed by atoms with Crippen LogP contribution in [0.25, 0.3) is 0 Å². The maximum Gasteiger partial charge on any atom is 0.264 e. The van der Waals surface area contributed by atoms with Gasteiger partial charge < -0.3 is 24.2 Å². The molecular weight excluding hydrogens is 460 g/mol. The number of hydrogen-bond donors (Lipinski definition) is 2. The number of carbonyl (C=O) groups is 1. The predicted molar refractivity (Wildman–Crippen MR) is 127 cm³/mol. The highest BCUT2D eigenvalue weighted by molar-refractivity contribution is 7.93. The van der Waals surface area contributed by atoms with E-state index in [4.69, 9.17) is 14.0 Å². The third-order valence-electron chi connectivity index (χ3n) is 5.47. The first-order valence-electron chi connectivity index (χ1n) is 10.7. The Morgan fingerprint density at radius 3 is 2.53 bits per heavy atom. The van der Waals surface area contributed by atoms with E-state index in [0.29, 0.717) is 66.1 Å². The van der Waals surface area contributed by atoms with Crippen LogP contribution >= 0.6 is 0 Å². The van der Waals surface area contributed by atoms with Gasteiger partial charge >= 0.3 is 0 Å². The van der Waals surface area contributed by atoms with E-state index in [1.807, 2.05) is 4.90 Å². The number of benzene rings is 2. The van der Waals surface area contributed by atoms with Crippen molar-refractivity contribution in [3.63, 3.8) is 0 Å². The van der Waals surface area contributed by atoms with Crippen molar-refractivity contribution in [2.24, 2.45) is 0 Å². The van der Waals surface area contributed by atoms with Crippen molar-refractivity contribution in [2.75, 3.05) is 48.4 Å². The predicted octanol–water partition coefficient (Wildman–Crippen LogP) is 3.19. The zero-order valence-electron chi connectivity index (χ0n) is 19.1. The maximum absolute atomic E-state index is 13.5. The molecule has 0 unspecified atom stereocenters. The summed E-state index contributed by atoms with van der Waals surface area (Å²) in [7, 11) is -2.58. The molecule has 1 saturated heterocycles. The van der Waals surface area contributed by atoms with Crippen LogP contribution in [0.5, 0.6) is 5.75 Å². The van der Waals surface area contributed by atoms with E-state index in [2.05, 4.69) is 15.2 Å². The van der Waals surface area contributed by atoms with Crippen molar-refractivity contribution < 1.29 is 27.2 Å². The van der Waals surface area contributed by atoms with Gasteiger partial charge in [0.15, 0.2) is 0 Å². The lowest BCUT2D eigenvalue weighted by Gasteiger charge is -2.30. The normalized spacial score (nSPS) is 14.0. The molecule has 0 bridgehead atoms. The van der Waals surface area contributed by atoms with Gasteiger partial charge in [-0.1, -0.05) is 17.3 Å². The number of nitrogens with zero attached hydrogens (tertiary/aromatic N) is 2. The first-order chi connectivity index (χ1) is 16.3. The summed E-state index contributed by atoms with van der Waals surface area (Å²) in [6.07, 6.45) is 0. The van der Waals surface area contributed by atoms with Crippen LogP contribution in [0.15, 0.2) is 51.9 Å². The molecule has 34 heavy (non-hydrogen) atoms. The quantitative estimate of drug-likeness (QED) is 0.522. The molecule has 3 aromatic rings. The fourth-order valence-electron chi connectivity index (χ4n) is 3.80. The van der Waals surface area contributed by atoms with Gasteiger partial charge in [0.2, 0.25) is 0 Å². The number of carbonyl (C=O) groups excluding carboxylic acids is 1. The summed E-state index contributed by atoms with van der Waals surface area (Å²) < 4.78 is 45.5. The largest absolute Gasteiger partial charge is 0.495 e. The molecule has 2 aromatic carbocycles. The monoisotopic (exact) mass is 486 g/mol. The Bertz CT molecular complexity index is 1280. The number of rotatable bonds is 7. The topological polar surface area (TPSA) is 123 Å². The van der Waals surface area contributed by atoms with Crippen LogP contribution in [-0.4, -0.2) is 52.9 Å². The fraction of sp³-hybridized carbons (Fsp3) is 0.304. The van der Waals surface area contributed by atoms with Gasteiger partial charge in [0.05, 0.1) is 37.4 Å². The summed E-state index contributed by atoms with van der Waals surface area (Å²) in [4.78, 5) is 14.8. The molecule has 0 aliphatic carbocycles. The molecule has 1 amide bonds. The van der Waals surface area contributed by atoms with Crippen molar-refractivity contribution >= 4 is 33.0 Å². The third kappa shape index (κ3) is 4.85. The van der Waals surface area contributed by atoms with Gasteiger partial charge in [0.1, 0.15) is 22.0 Å². The minimum atomic E-state index is -4.05. The van der Waals surface area contributed by atoms with Crippen LogP contribution in [0.2, 0.25) is 0 Å². The number of para-hydroxylation sites is 2. The summed E-state index contributed by atoms with van der Waals surface area (Å²) >= 11 is 0. The summed E-state index contributed by atoms with van der Waals surface area (Å²) in [6, 6.07) is 11.5. The lowest BCUT2D eigenvalue weighted by atomic mass is 10.2. The SMILES string of the molecule is COc1ccccc1NS(=O)(=O)c1cc(NC(=O)c2c(C)noc2C)ccc1N1CCOCC1. The maximum atomic E-state index is 13.5. The number of aromatic nitrogens is 1. The van der Waals surface area contributed by atoms with E-state index in [9.17, 15) is 13.2 Å². The molecule has 0 saturated carbocycles. The molecule has 2 N–H and O–H groups in total. The van der Waals surface area contributed by atoms with Crippen LogP contribution in [0, 0.1) is 13.8 Å². The number of ether oxygens (including phenoxy) is 2. The molecule has 1 aliphatic rings. The lowest BCUT2D eigenvalue weighted by Crippen LogP contribution is -2.37. The molecule has 0 radical (unpaired) electrons. The van der Waals surface area contributed by atoms with E-state index in [1.165, 1.54) is 13.2 Å². The Morgan fingerprint density at radius 1 is 1.12 bits per heavy atom. The third-order valence-corrected chi connectivity index (χ3v) is 6.87. The molecule has 2 heterocycles. The molecular formula is C23H26N4O6S. The van der Waals surface area contributed by atoms with Gasteiger partial charge in [-0.15, -0.1) is 0 Å². The summed E-state index contributed by atoms with van der Waals surface area (Å²) in [5.74, 6) is 0.337. The number of sulfonamides is 1. The number of anilines is 3. The number of aryl methyl sites for hydroxylation is 2. The van der Waals surface area contributed by atoms with Crippen molar-refractivity contribution in [3.8, 4) is 5.75 Å². The zero-order valence-corrected chi connectivity index (χ0v) is 19.9. The first kappa shape index (κ1) is 23.6. The molecule has 1 aromatic heterocycles. The zero-order chi connectivity index (χ0) is 24.3. The summed E-state index contributed by atoms with van der Waals surface area (Å²) in [5.41, 5.74) is 1.91. The summed E-state index contributed by atoms with van der Waals surface area (Å²) in [5, 5.41) is 6.56. The first-order valence-corrected chi connectivity index (χ1v) is 12.2. The van der Waals surface area contributed by atoms with E-state index < -0.39 is 15.9 Å². The van der Waals surface area contributed by atoms with E-state index in [1.54, 1.807) is 50.2 Å². The molecule has 1 aliphatic heterocycles. The van der Waals surface area contributed by atoms with Crippen molar-refractivity contribution in [2.45, 2.75) is 18.7 Å². The highest BCUT2D eigenvalue weighted by atomic mass is 32.2. The second kappa shape index (κ2) is 9.74. The van der Waals surface area contributed by atoms with E-state index in [0.717, 1.165) is 0 Å². The van der Waals surface area contributed by atoms with Crippen molar-refractivity contribution in [3.05, 3.63) is 59.5 Å². The highest BCUT2D eigenvalue weighted by Gasteiger charge is 2.26. The molecule has 0 atom stereocenters.